The van der Waals surface area contributed by atoms with Crippen molar-refractivity contribution in [2.75, 3.05) is 58.5 Å². The highest BCUT2D eigenvalue weighted by Gasteiger charge is 2.40. The van der Waals surface area contributed by atoms with Gasteiger partial charge in [0.05, 0.1) is 60.5 Å². The summed E-state index contributed by atoms with van der Waals surface area (Å²) in [4.78, 5) is 78.3. The molecule has 17 nitrogen and oxygen atoms in total. The van der Waals surface area contributed by atoms with E-state index in [9.17, 15) is 19.2 Å². The minimum atomic E-state index is -0.712. The lowest BCUT2D eigenvalue weighted by molar-refractivity contribution is -0.136. The van der Waals surface area contributed by atoms with E-state index in [4.69, 9.17) is 24.2 Å². The number of rotatable bonds is 15. The Morgan fingerprint density at radius 2 is 1.10 bits per heavy atom. The van der Waals surface area contributed by atoms with Crippen molar-refractivity contribution < 1.29 is 33.4 Å². The molecule has 0 bridgehead atoms. The number of hydrogen-bond acceptors (Lipinski definition) is 11. The van der Waals surface area contributed by atoms with E-state index in [2.05, 4.69) is 91.1 Å². The summed E-state index contributed by atoms with van der Waals surface area (Å²) in [6.07, 6.45) is 7.58. The maximum atomic E-state index is 13.9. The number of nitrogens with zero attached hydrogens (tertiary/aromatic N) is 6. The number of likely N-dealkylation sites (tertiary alicyclic amines) is 3. The fourth-order valence-corrected chi connectivity index (χ4v) is 11.2. The predicted molar refractivity (Wildman–Crippen MR) is 267 cm³/mol. The molecule has 4 aliphatic rings. The van der Waals surface area contributed by atoms with Crippen LogP contribution in [-0.2, 0) is 19.1 Å². The standard InChI is InChI=1S/C53H70N10O7/c1-32(2)46(58-52(66)68-5)50(64)61-26-10-12-44(61)48-54-38-20-14-34(30-40(38)56-48)42-22-23-43(63(42)36-16-18-37(19-17-36)70-29-28-60-24-8-7-9-25-60)35-15-21-39-41(31-35)57-49(55-39)45-13-11-27-62(45)51(65)47(33(3)4)59-53(67)69-6/h14-21,30-33,42-47H,7-13,22-29H2,1-6H3,(H,54,56)(H,55,57)(H,58,66)(H,59,67)/t42-,43-,44?,45?,46+,47+/m1/s1. The summed E-state index contributed by atoms with van der Waals surface area (Å²) < 4.78 is 16.0. The van der Waals surface area contributed by atoms with Crippen LogP contribution in [0.1, 0.15) is 132 Å². The number of carbonyl (C=O) groups is 4. The minimum Gasteiger partial charge on any atom is -0.492 e. The number of fused-ring (bicyclic) bond motifs is 2. The first-order valence-corrected chi connectivity index (χ1v) is 25.4. The molecule has 3 aromatic carbocycles. The van der Waals surface area contributed by atoms with Gasteiger partial charge in [-0.25, -0.2) is 19.6 Å². The molecule has 4 N–H and O–H groups in total. The fourth-order valence-electron chi connectivity index (χ4n) is 11.2. The van der Waals surface area contributed by atoms with Crippen LogP contribution in [0.15, 0.2) is 60.7 Å². The molecule has 4 fully saturated rings. The number of imidazole rings is 2. The zero-order valence-electron chi connectivity index (χ0n) is 41.5. The number of ether oxygens (including phenoxy) is 3. The molecule has 0 radical (unpaired) electrons. The predicted octanol–water partition coefficient (Wildman–Crippen LogP) is 8.47. The second kappa shape index (κ2) is 21.3. The number of anilines is 1. The van der Waals surface area contributed by atoms with Crippen LogP contribution in [0.4, 0.5) is 15.3 Å². The molecule has 4 aliphatic heterocycles. The lowest BCUT2D eigenvalue weighted by Crippen LogP contribution is -2.51. The molecule has 70 heavy (non-hydrogen) atoms. The number of amides is 4. The van der Waals surface area contributed by atoms with Crippen molar-refractivity contribution in [1.82, 2.24) is 45.3 Å². The van der Waals surface area contributed by atoms with Crippen LogP contribution in [0, 0.1) is 11.8 Å². The monoisotopic (exact) mass is 959 g/mol. The van der Waals surface area contributed by atoms with Crippen LogP contribution in [0.5, 0.6) is 5.75 Å². The van der Waals surface area contributed by atoms with E-state index in [-0.39, 0.29) is 47.8 Å². The Balaban J connectivity index is 0.989. The minimum absolute atomic E-state index is 0.0337. The Hall–Kier alpha value is -6.36. The molecule has 4 saturated heterocycles. The molecule has 2 unspecified atom stereocenters. The van der Waals surface area contributed by atoms with E-state index < -0.39 is 24.3 Å². The van der Waals surface area contributed by atoms with Crippen LogP contribution in [0.2, 0.25) is 0 Å². The topological polar surface area (TPSA) is 190 Å². The van der Waals surface area contributed by atoms with Crippen LogP contribution < -0.4 is 20.3 Å². The van der Waals surface area contributed by atoms with Crippen LogP contribution in [-0.4, -0.2) is 124 Å². The first kappa shape index (κ1) is 48.7. The SMILES string of the molecule is COC(=O)N[C@H](C(=O)N1CCCC1c1nc2ccc([C@H]3CC[C@H](c4ccc5nc(C6CCCN6C(=O)[C@@H](NC(=O)OC)C(C)C)[nH]c5c4)N3c3ccc(OCCN4CCCCC4)cc3)cc2[nH]1)C(C)C. The van der Waals surface area contributed by atoms with E-state index in [1.54, 1.807) is 0 Å². The zero-order chi connectivity index (χ0) is 49.1. The summed E-state index contributed by atoms with van der Waals surface area (Å²) in [5, 5.41) is 5.50. The third-order valence-corrected chi connectivity index (χ3v) is 14.9. The largest absolute Gasteiger partial charge is 0.492 e. The molecule has 6 atom stereocenters. The van der Waals surface area contributed by atoms with Gasteiger partial charge in [-0.1, -0.05) is 46.2 Å². The quantitative estimate of drug-likeness (QED) is 0.0788. The van der Waals surface area contributed by atoms with E-state index >= 15 is 0 Å². The first-order chi connectivity index (χ1) is 33.9. The normalized spacial score (nSPS) is 21.7. The molecule has 17 heteroatoms. The molecular weight excluding hydrogens is 889 g/mol. The molecule has 4 amide bonds. The van der Waals surface area contributed by atoms with E-state index in [0.717, 1.165) is 114 Å². The molecule has 0 saturated carbocycles. The number of alkyl carbamates (subject to hydrolysis) is 2. The third kappa shape index (κ3) is 10.3. The Morgan fingerprint density at radius 3 is 1.56 bits per heavy atom. The van der Waals surface area contributed by atoms with Gasteiger partial charge >= 0.3 is 12.2 Å². The van der Waals surface area contributed by atoms with E-state index in [0.29, 0.717) is 19.7 Å². The Bertz CT molecular complexity index is 2490. The van der Waals surface area contributed by atoms with Gasteiger partial charge in [0.25, 0.3) is 0 Å². The van der Waals surface area contributed by atoms with Gasteiger partial charge in [0.15, 0.2) is 0 Å². The van der Waals surface area contributed by atoms with Gasteiger partial charge in [-0.2, -0.15) is 0 Å². The third-order valence-electron chi connectivity index (χ3n) is 14.9. The summed E-state index contributed by atoms with van der Waals surface area (Å²) in [5.41, 5.74) is 6.89. The van der Waals surface area contributed by atoms with E-state index in [1.807, 2.05) is 37.5 Å². The number of benzene rings is 3. The van der Waals surface area contributed by atoms with Crippen LogP contribution in [0.3, 0.4) is 0 Å². The Labute approximate surface area is 410 Å². The van der Waals surface area contributed by atoms with Crippen LogP contribution >= 0.6 is 0 Å². The number of aromatic nitrogens is 4. The van der Waals surface area contributed by atoms with Crippen molar-refractivity contribution in [3.05, 3.63) is 83.4 Å². The van der Waals surface area contributed by atoms with Crippen molar-refractivity contribution >= 4 is 51.8 Å². The van der Waals surface area contributed by atoms with Crippen molar-refractivity contribution in [3.63, 3.8) is 0 Å². The summed E-state index contributed by atoms with van der Waals surface area (Å²) in [6, 6.07) is 19.6. The van der Waals surface area contributed by atoms with Gasteiger partial charge in [0.1, 0.15) is 36.1 Å². The second-order valence-electron chi connectivity index (χ2n) is 20.2. The van der Waals surface area contributed by atoms with Crippen LogP contribution in [0.25, 0.3) is 22.1 Å². The summed E-state index contributed by atoms with van der Waals surface area (Å²) in [7, 11) is 2.61. The average molecular weight is 959 g/mol. The number of nitrogens with one attached hydrogen (secondary N) is 4. The number of piperidine rings is 1. The Morgan fingerprint density at radius 1 is 0.614 bits per heavy atom. The zero-order valence-corrected chi connectivity index (χ0v) is 41.5. The lowest BCUT2D eigenvalue weighted by Gasteiger charge is -2.33. The highest BCUT2D eigenvalue weighted by molar-refractivity contribution is 5.87. The lowest BCUT2D eigenvalue weighted by atomic mass is 10.0. The van der Waals surface area contributed by atoms with Gasteiger partial charge in [0.2, 0.25) is 11.8 Å². The van der Waals surface area contributed by atoms with Gasteiger partial charge < -0.3 is 49.5 Å². The van der Waals surface area contributed by atoms with Crippen molar-refractivity contribution in [2.45, 2.75) is 122 Å². The van der Waals surface area contributed by atoms with Crippen molar-refractivity contribution in [2.24, 2.45) is 11.8 Å². The maximum Gasteiger partial charge on any atom is 0.407 e. The molecule has 5 aromatic rings. The number of H-pyrrole nitrogens is 2. The van der Waals surface area contributed by atoms with Gasteiger partial charge in [-0.3, -0.25) is 14.5 Å². The van der Waals surface area contributed by atoms with Crippen molar-refractivity contribution in [1.29, 1.82) is 0 Å². The van der Waals surface area contributed by atoms with E-state index in [1.165, 1.54) is 33.5 Å². The number of carbonyl (C=O) groups excluding carboxylic acids is 4. The summed E-state index contributed by atoms with van der Waals surface area (Å²) >= 11 is 0. The molecule has 9 rings (SSSR count). The number of methoxy groups -OCH3 is 2. The molecule has 0 aliphatic carbocycles. The molecule has 2 aromatic heterocycles. The maximum absolute atomic E-state index is 13.9. The van der Waals surface area contributed by atoms with Gasteiger partial charge in [0, 0.05) is 25.3 Å². The molecular formula is C53H70N10O7. The number of aromatic amines is 2. The molecule has 6 heterocycles. The smallest absolute Gasteiger partial charge is 0.407 e. The fraction of sp³-hybridized carbons (Fsp3) is 0.547. The molecule has 0 spiro atoms. The Kier molecular flexibility index (Phi) is 14.8. The van der Waals surface area contributed by atoms with Crippen molar-refractivity contribution in [3.8, 4) is 5.75 Å². The first-order valence-electron chi connectivity index (χ1n) is 25.4. The summed E-state index contributed by atoms with van der Waals surface area (Å²) in [5.74, 6) is 1.80. The highest BCUT2D eigenvalue weighted by atomic mass is 16.5. The average Bonchev–Trinajstić information content (AvgIpc) is 4.23. The summed E-state index contributed by atoms with van der Waals surface area (Å²) in [6.45, 7) is 12.7. The van der Waals surface area contributed by atoms with Gasteiger partial charge in [-0.15, -0.1) is 0 Å². The molecule has 374 valence electrons. The van der Waals surface area contributed by atoms with Gasteiger partial charge in [-0.05, 0) is 136 Å². The second-order valence-corrected chi connectivity index (χ2v) is 20.2. The highest BCUT2D eigenvalue weighted by Crippen LogP contribution is 2.48. The number of hydrogen-bond donors (Lipinski definition) is 4.